The molecule has 1 amide bonds. The number of amides is 1. The van der Waals surface area contributed by atoms with Gasteiger partial charge in [0, 0.05) is 28.9 Å². The highest BCUT2D eigenvalue weighted by Gasteiger charge is 2.11. The molecule has 2 rings (SSSR count). The summed E-state index contributed by atoms with van der Waals surface area (Å²) in [6, 6.07) is 12.4. The molecule has 0 aliphatic heterocycles. The molecule has 0 radical (unpaired) electrons. The number of carbonyl (C=O) groups excluding carboxylic acids is 1. The van der Waals surface area contributed by atoms with E-state index in [-0.39, 0.29) is 11.7 Å². The molecule has 0 aliphatic carbocycles. The second-order valence-corrected chi connectivity index (χ2v) is 6.41. The number of aryl methyl sites for hydroxylation is 1. The number of nitrogens with zero attached hydrogens (tertiary/aromatic N) is 1. The van der Waals surface area contributed by atoms with Crippen LogP contribution in [0.2, 0.25) is 0 Å². The van der Waals surface area contributed by atoms with Crippen molar-refractivity contribution < 1.29 is 9.18 Å². The topological polar surface area (TPSA) is 32.3 Å². The maximum atomic E-state index is 13.1. The molecule has 2 aromatic carbocycles. The van der Waals surface area contributed by atoms with E-state index >= 15 is 0 Å². The van der Waals surface area contributed by atoms with Gasteiger partial charge in [-0.1, -0.05) is 18.2 Å². The predicted octanol–water partition coefficient (Wildman–Crippen LogP) is 4.00. The molecule has 0 spiro atoms. The van der Waals surface area contributed by atoms with Gasteiger partial charge in [0.2, 0.25) is 0 Å². The van der Waals surface area contributed by atoms with Gasteiger partial charge in [-0.3, -0.25) is 4.79 Å². The first-order valence-corrected chi connectivity index (χ1v) is 8.64. The van der Waals surface area contributed by atoms with E-state index in [4.69, 9.17) is 0 Å². The fraction of sp³-hybridized carbons (Fsp3) is 0.278. The number of likely N-dealkylation sites (N-methyl/N-ethyl adjacent to an activating group) is 1. The van der Waals surface area contributed by atoms with Gasteiger partial charge in [-0.15, -0.1) is 0 Å². The second-order valence-electron chi connectivity index (χ2n) is 5.25. The first kappa shape index (κ1) is 17.7. The third-order valence-corrected chi connectivity index (χ3v) is 4.57. The van der Waals surface area contributed by atoms with Gasteiger partial charge in [0.05, 0.1) is 5.56 Å². The molecule has 0 atom stereocenters. The van der Waals surface area contributed by atoms with Gasteiger partial charge in [-0.25, -0.2) is 4.39 Å². The van der Waals surface area contributed by atoms with Crippen molar-refractivity contribution in [1.82, 2.24) is 5.32 Å². The highest BCUT2D eigenvalue weighted by atomic mass is 127. The number of rotatable bonds is 6. The molecule has 0 unspecified atom stereocenters. The third kappa shape index (κ3) is 4.67. The first-order valence-electron chi connectivity index (χ1n) is 7.56. The zero-order valence-corrected chi connectivity index (χ0v) is 15.4. The zero-order chi connectivity index (χ0) is 16.8. The van der Waals surface area contributed by atoms with Crippen molar-refractivity contribution in [2.45, 2.75) is 13.8 Å². The van der Waals surface area contributed by atoms with Gasteiger partial charge in [0.15, 0.2) is 0 Å². The van der Waals surface area contributed by atoms with Crippen molar-refractivity contribution in [3.8, 4) is 0 Å². The van der Waals surface area contributed by atoms with Crippen LogP contribution in [0.3, 0.4) is 0 Å². The lowest BCUT2D eigenvalue weighted by atomic mass is 10.2. The Hall–Kier alpha value is -1.63. The Morgan fingerprint density at radius 2 is 2.00 bits per heavy atom. The summed E-state index contributed by atoms with van der Waals surface area (Å²) >= 11 is 1.98. The summed E-state index contributed by atoms with van der Waals surface area (Å²) in [5.74, 6) is -0.502. The second kappa shape index (κ2) is 8.29. The third-order valence-electron chi connectivity index (χ3n) is 3.68. The van der Waals surface area contributed by atoms with Gasteiger partial charge in [-0.05, 0) is 66.3 Å². The molecule has 0 fully saturated rings. The summed E-state index contributed by atoms with van der Waals surface area (Å²) in [6.07, 6.45) is 0. The van der Waals surface area contributed by atoms with E-state index < -0.39 is 0 Å². The molecule has 0 heterocycles. The van der Waals surface area contributed by atoms with E-state index in [0.717, 1.165) is 13.1 Å². The molecule has 0 aliphatic rings. The Morgan fingerprint density at radius 1 is 1.26 bits per heavy atom. The Morgan fingerprint density at radius 3 is 2.65 bits per heavy atom. The van der Waals surface area contributed by atoms with Crippen molar-refractivity contribution in [2.24, 2.45) is 0 Å². The molecular formula is C18H20FIN2O. The van der Waals surface area contributed by atoms with Crippen molar-refractivity contribution in [3.05, 3.63) is 63.0 Å². The molecule has 0 aromatic heterocycles. The highest BCUT2D eigenvalue weighted by Crippen LogP contribution is 2.18. The van der Waals surface area contributed by atoms with Crippen molar-refractivity contribution >= 4 is 34.2 Å². The number of hydrogen-bond donors (Lipinski definition) is 1. The quantitative estimate of drug-likeness (QED) is 0.709. The molecule has 0 saturated heterocycles. The summed E-state index contributed by atoms with van der Waals surface area (Å²) in [6.45, 7) is 6.31. The molecule has 5 heteroatoms. The summed E-state index contributed by atoms with van der Waals surface area (Å²) in [7, 11) is 0. The maximum absolute atomic E-state index is 13.1. The van der Waals surface area contributed by atoms with E-state index in [2.05, 4.69) is 36.2 Å². The van der Waals surface area contributed by atoms with Crippen LogP contribution in [-0.2, 0) is 0 Å². The normalized spacial score (nSPS) is 10.4. The molecule has 0 saturated carbocycles. The summed E-state index contributed by atoms with van der Waals surface area (Å²) < 4.78 is 13.7. The lowest BCUT2D eigenvalue weighted by Crippen LogP contribution is -2.35. The minimum absolute atomic E-state index is 0.171. The van der Waals surface area contributed by atoms with Crippen LogP contribution in [0.5, 0.6) is 0 Å². The minimum atomic E-state index is -0.331. The molecule has 1 N–H and O–H groups in total. The van der Waals surface area contributed by atoms with Gasteiger partial charge >= 0.3 is 0 Å². The predicted molar refractivity (Wildman–Crippen MR) is 101 cm³/mol. The fourth-order valence-corrected chi connectivity index (χ4v) is 3.16. The van der Waals surface area contributed by atoms with Gasteiger partial charge in [0.25, 0.3) is 5.91 Å². The molecule has 122 valence electrons. The number of anilines is 1. The largest absolute Gasteiger partial charge is 0.370 e. The first-order chi connectivity index (χ1) is 11.0. The number of carbonyl (C=O) groups is 1. The van der Waals surface area contributed by atoms with Crippen LogP contribution in [0.15, 0.2) is 42.5 Å². The summed E-state index contributed by atoms with van der Waals surface area (Å²) in [4.78, 5) is 14.4. The highest BCUT2D eigenvalue weighted by molar-refractivity contribution is 14.1. The fourth-order valence-electron chi connectivity index (χ4n) is 2.44. The van der Waals surface area contributed by atoms with Crippen LogP contribution < -0.4 is 10.2 Å². The van der Waals surface area contributed by atoms with Crippen LogP contribution in [0, 0.1) is 16.3 Å². The van der Waals surface area contributed by atoms with E-state index in [1.54, 1.807) is 0 Å². The zero-order valence-electron chi connectivity index (χ0n) is 13.3. The van der Waals surface area contributed by atoms with E-state index in [1.165, 1.54) is 29.4 Å². The van der Waals surface area contributed by atoms with Gasteiger partial charge in [0.1, 0.15) is 5.82 Å². The average Bonchev–Trinajstić information content (AvgIpc) is 2.52. The Bertz CT molecular complexity index is 690. The van der Waals surface area contributed by atoms with Crippen molar-refractivity contribution in [2.75, 3.05) is 24.5 Å². The summed E-state index contributed by atoms with van der Waals surface area (Å²) in [5.41, 5.74) is 2.90. The minimum Gasteiger partial charge on any atom is -0.370 e. The lowest BCUT2D eigenvalue weighted by molar-refractivity contribution is 0.0953. The SMILES string of the molecule is CCN(CCNC(=O)c1ccc(F)cc1I)c1ccccc1C. The van der Waals surface area contributed by atoms with Crippen LogP contribution >= 0.6 is 22.6 Å². The molecule has 3 nitrogen and oxygen atoms in total. The van der Waals surface area contributed by atoms with Crippen LogP contribution in [0.4, 0.5) is 10.1 Å². The van der Waals surface area contributed by atoms with E-state index in [9.17, 15) is 9.18 Å². The van der Waals surface area contributed by atoms with E-state index in [0.29, 0.717) is 15.7 Å². The molecule has 23 heavy (non-hydrogen) atoms. The maximum Gasteiger partial charge on any atom is 0.252 e. The van der Waals surface area contributed by atoms with Gasteiger partial charge < -0.3 is 10.2 Å². The molecule has 2 aromatic rings. The standard InChI is InChI=1S/C18H20FIN2O/c1-3-22(17-7-5-4-6-13(17)2)11-10-21-18(23)15-9-8-14(19)12-16(15)20/h4-9,12H,3,10-11H2,1-2H3,(H,21,23). The number of halogens is 2. The van der Waals surface area contributed by atoms with Gasteiger partial charge in [-0.2, -0.15) is 0 Å². The Balaban J connectivity index is 1.95. The van der Waals surface area contributed by atoms with Crippen LogP contribution in [0.25, 0.3) is 0 Å². The lowest BCUT2D eigenvalue weighted by Gasteiger charge is -2.25. The number of hydrogen-bond acceptors (Lipinski definition) is 2. The van der Waals surface area contributed by atoms with Crippen molar-refractivity contribution in [3.63, 3.8) is 0 Å². The van der Waals surface area contributed by atoms with Crippen molar-refractivity contribution in [1.29, 1.82) is 0 Å². The van der Waals surface area contributed by atoms with Crippen LogP contribution in [0.1, 0.15) is 22.8 Å². The molecule has 0 bridgehead atoms. The molecular weight excluding hydrogens is 406 g/mol. The number of para-hydroxylation sites is 1. The van der Waals surface area contributed by atoms with Crippen LogP contribution in [-0.4, -0.2) is 25.5 Å². The summed E-state index contributed by atoms with van der Waals surface area (Å²) in [5, 5.41) is 2.91. The average molecular weight is 426 g/mol. The number of benzene rings is 2. The van der Waals surface area contributed by atoms with E-state index in [1.807, 2.05) is 34.7 Å². The Kier molecular flexibility index (Phi) is 6.38. The number of nitrogens with one attached hydrogen (secondary N) is 1. The smallest absolute Gasteiger partial charge is 0.252 e. The Labute approximate surface area is 150 Å². The monoisotopic (exact) mass is 426 g/mol.